The topological polar surface area (TPSA) is 116 Å². The van der Waals surface area contributed by atoms with Crippen molar-refractivity contribution in [3.05, 3.63) is 0 Å². The van der Waals surface area contributed by atoms with Gasteiger partial charge >= 0.3 is 5.97 Å². The normalized spacial score (nSPS) is 27.4. The lowest BCUT2D eigenvalue weighted by Gasteiger charge is -2.34. The zero-order valence-electron chi connectivity index (χ0n) is 11.8. The fourth-order valence-corrected chi connectivity index (χ4v) is 3.99. The van der Waals surface area contributed by atoms with Crippen molar-refractivity contribution in [2.45, 2.75) is 31.3 Å². The van der Waals surface area contributed by atoms with Gasteiger partial charge in [-0.15, -0.1) is 0 Å². The van der Waals surface area contributed by atoms with E-state index in [4.69, 9.17) is 9.84 Å². The summed E-state index contributed by atoms with van der Waals surface area (Å²) in [7, 11) is -3.77. The average Bonchev–Trinajstić information content (AvgIpc) is 2.46. The summed E-state index contributed by atoms with van der Waals surface area (Å²) >= 11 is 0. The molecule has 0 aromatic heterocycles. The van der Waals surface area contributed by atoms with Crippen LogP contribution in [-0.2, 0) is 19.7 Å². The molecule has 0 bridgehead atoms. The summed E-state index contributed by atoms with van der Waals surface area (Å²) in [5.41, 5.74) is -1.09. The second kappa shape index (κ2) is 6.57. The van der Waals surface area contributed by atoms with Gasteiger partial charge in [-0.05, 0) is 12.8 Å². The van der Waals surface area contributed by atoms with Crippen molar-refractivity contribution >= 4 is 16.2 Å². The molecule has 2 saturated heterocycles. The van der Waals surface area contributed by atoms with E-state index in [1.54, 1.807) is 0 Å². The van der Waals surface area contributed by atoms with Gasteiger partial charge in [-0.1, -0.05) is 0 Å². The minimum absolute atomic E-state index is 0.0216. The molecule has 8 nitrogen and oxygen atoms in total. The summed E-state index contributed by atoms with van der Waals surface area (Å²) in [5, 5.41) is 19.3. The summed E-state index contributed by atoms with van der Waals surface area (Å²) in [6.07, 6.45) is 1.78. The summed E-state index contributed by atoms with van der Waals surface area (Å²) in [4.78, 5) is 11.0. The van der Waals surface area contributed by atoms with E-state index in [9.17, 15) is 18.3 Å². The van der Waals surface area contributed by atoms with E-state index < -0.39 is 27.7 Å². The molecule has 2 heterocycles. The fourth-order valence-electron chi connectivity index (χ4n) is 2.61. The van der Waals surface area contributed by atoms with Crippen molar-refractivity contribution in [3.8, 4) is 0 Å². The lowest BCUT2D eigenvalue weighted by molar-refractivity contribution is -0.142. The van der Waals surface area contributed by atoms with Gasteiger partial charge in [0.05, 0.1) is 11.5 Å². The van der Waals surface area contributed by atoms with E-state index in [2.05, 4.69) is 4.72 Å². The van der Waals surface area contributed by atoms with Crippen LogP contribution in [-0.4, -0.2) is 67.4 Å². The molecule has 122 valence electrons. The molecule has 0 amide bonds. The number of aliphatic carboxylic acids is 1. The van der Waals surface area contributed by atoms with E-state index in [0.29, 0.717) is 45.4 Å². The Morgan fingerprint density at radius 3 is 2.67 bits per heavy atom. The number of carbonyl (C=O) groups is 1. The molecule has 2 rings (SSSR count). The summed E-state index contributed by atoms with van der Waals surface area (Å²) in [5.74, 6) is -1.64. The van der Waals surface area contributed by atoms with Crippen molar-refractivity contribution in [1.82, 2.24) is 9.03 Å². The van der Waals surface area contributed by atoms with Crippen LogP contribution >= 0.6 is 0 Å². The Hall–Kier alpha value is -0.740. The van der Waals surface area contributed by atoms with Gasteiger partial charge in [0.1, 0.15) is 0 Å². The van der Waals surface area contributed by atoms with Gasteiger partial charge in [-0.3, -0.25) is 4.79 Å². The number of nitrogens with zero attached hydrogens (tertiary/aromatic N) is 1. The van der Waals surface area contributed by atoms with Crippen LogP contribution in [0, 0.1) is 5.92 Å². The number of ether oxygens (including phenoxy) is 1. The number of rotatable bonds is 5. The van der Waals surface area contributed by atoms with Crippen LogP contribution in [0.15, 0.2) is 0 Å². The van der Waals surface area contributed by atoms with Gasteiger partial charge in [-0.25, -0.2) is 0 Å². The van der Waals surface area contributed by atoms with Crippen LogP contribution in [0.2, 0.25) is 0 Å². The predicted octanol–water partition coefficient (Wildman–Crippen LogP) is -0.841. The second-order valence-electron chi connectivity index (χ2n) is 5.70. The third-order valence-electron chi connectivity index (χ3n) is 4.08. The number of piperidine rings is 1. The third kappa shape index (κ3) is 4.36. The Labute approximate surface area is 124 Å². The molecule has 3 N–H and O–H groups in total. The van der Waals surface area contributed by atoms with Gasteiger partial charge in [0, 0.05) is 45.7 Å². The lowest BCUT2D eigenvalue weighted by atomic mass is 9.95. The molecule has 9 heteroatoms. The lowest BCUT2D eigenvalue weighted by Crippen LogP contribution is -2.52. The smallest absolute Gasteiger partial charge is 0.307 e. The Morgan fingerprint density at radius 1 is 1.38 bits per heavy atom. The number of hydrogen-bond acceptors (Lipinski definition) is 5. The van der Waals surface area contributed by atoms with E-state index >= 15 is 0 Å². The molecule has 0 radical (unpaired) electrons. The average molecular weight is 322 g/mol. The van der Waals surface area contributed by atoms with Crippen LogP contribution in [0.25, 0.3) is 0 Å². The van der Waals surface area contributed by atoms with Crippen LogP contribution in [0.5, 0.6) is 0 Å². The van der Waals surface area contributed by atoms with Crippen LogP contribution in [0.1, 0.15) is 25.7 Å². The van der Waals surface area contributed by atoms with Gasteiger partial charge in [0.2, 0.25) is 0 Å². The molecule has 0 aromatic rings. The standard InChI is InChI=1S/C12H22N2O6S/c15-11(16)10-2-1-5-14(8-10)21(18,19)13-9-12(17)3-6-20-7-4-12/h10,13,17H,1-9H2,(H,15,16). The van der Waals surface area contributed by atoms with Crippen LogP contribution in [0.4, 0.5) is 0 Å². The molecule has 1 atom stereocenters. The number of hydrogen-bond donors (Lipinski definition) is 3. The van der Waals surface area contributed by atoms with Gasteiger partial charge in [0.15, 0.2) is 0 Å². The molecular formula is C12H22N2O6S. The molecule has 2 fully saturated rings. The summed E-state index contributed by atoms with van der Waals surface area (Å²) in [6, 6.07) is 0. The predicted molar refractivity (Wildman–Crippen MR) is 73.9 cm³/mol. The van der Waals surface area contributed by atoms with Crippen LogP contribution in [0.3, 0.4) is 0 Å². The third-order valence-corrected chi connectivity index (χ3v) is 5.60. The highest BCUT2D eigenvalue weighted by atomic mass is 32.2. The zero-order valence-corrected chi connectivity index (χ0v) is 12.6. The number of aliphatic hydroxyl groups is 1. The monoisotopic (exact) mass is 322 g/mol. The minimum Gasteiger partial charge on any atom is -0.481 e. The van der Waals surface area contributed by atoms with Crippen molar-refractivity contribution in [1.29, 1.82) is 0 Å². The highest BCUT2D eigenvalue weighted by molar-refractivity contribution is 7.87. The quantitative estimate of drug-likeness (QED) is 0.608. The second-order valence-corrected chi connectivity index (χ2v) is 7.45. The van der Waals surface area contributed by atoms with E-state index in [1.807, 2.05) is 0 Å². The SMILES string of the molecule is O=C(O)C1CCCN(S(=O)(=O)NCC2(O)CCOCC2)C1. The highest BCUT2D eigenvalue weighted by Crippen LogP contribution is 2.21. The van der Waals surface area contributed by atoms with Crippen molar-refractivity contribution in [3.63, 3.8) is 0 Å². The van der Waals surface area contributed by atoms with Crippen molar-refractivity contribution < 1.29 is 28.2 Å². The molecule has 0 spiro atoms. The summed E-state index contributed by atoms with van der Waals surface area (Å²) in [6.45, 7) is 1.02. The Bertz CT molecular complexity index is 474. The maximum Gasteiger partial charge on any atom is 0.307 e. The molecule has 0 aliphatic carbocycles. The molecule has 21 heavy (non-hydrogen) atoms. The molecule has 2 aliphatic heterocycles. The molecule has 1 unspecified atom stereocenters. The Balaban J connectivity index is 1.93. The fraction of sp³-hybridized carbons (Fsp3) is 0.917. The van der Waals surface area contributed by atoms with Gasteiger partial charge < -0.3 is 14.9 Å². The summed E-state index contributed by atoms with van der Waals surface area (Å²) < 4.78 is 33.1. The van der Waals surface area contributed by atoms with Gasteiger partial charge in [-0.2, -0.15) is 17.4 Å². The molecule has 2 aliphatic rings. The van der Waals surface area contributed by atoms with Crippen LogP contribution < -0.4 is 4.72 Å². The van der Waals surface area contributed by atoms with Gasteiger partial charge in [0.25, 0.3) is 10.2 Å². The number of carboxylic acids is 1. The first-order valence-electron chi connectivity index (χ1n) is 7.10. The maximum absolute atomic E-state index is 12.2. The van der Waals surface area contributed by atoms with E-state index in [-0.39, 0.29) is 13.1 Å². The zero-order chi connectivity index (χ0) is 15.5. The highest BCUT2D eigenvalue weighted by Gasteiger charge is 2.35. The first-order chi connectivity index (χ1) is 9.82. The maximum atomic E-state index is 12.2. The first kappa shape index (κ1) is 16.6. The van der Waals surface area contributed by atoms with E-state index in [0.717, 1.165) is 4.31 Å². The molecule has 0 saturated carbocycles. The largest absolute Gasteiger partial charge is 0.481 e. The Morgan fingerprint density at radius 2 is 2.05 bits per heavy atom. The molecular weight excluding hydrogens is 300 g/mol. The first-order valence-corrected chi connectivity index (χ1v) is 8.54. The minimum atomic E-state index is -3.77. The Kier molecular flexibility index (Phi) is 5.20. The number of carboxylic acid groups (broad SMARTS) is 1. The number of nitrogens with one attached hydrogen (secondary N) is 1. The van der Waals surface area contributed by atoms with E-state index in [1.165, 1.54) is 0 Å². The van der Waals surface area contributed by atoms with Crippen molar-refractivity contribution in [2.24, 2.45) is 5.92 Å². The van der Waals surface area contributed by atoms with Crippen molar-refractivity contribution in [2.75, 3.05) is 32.8 Å². The molecule has 0 aromatic carbocycles.